The highest BCUT2D eigenvalue weighted by Gasteiger charge is 2.77. The molecule has 7 nitrogen and oxygen atoms in total. The first-order valence-electron chi connectivity index (χ1n) is 15.2. The fraction of sp³-hybridized carbons (Fsp3) is 0.486. The molecule has 0 spiro atoms. The Hall–Kier alpha value is -2.75. The van der Waals surface area contributed by atoms with E-state index in [1.807, 2.05) is 61.5 Å². The number of aliphatic hydroxyl groups is 2. The Bertz CT molecular complexity index is 1540. The van der Waals surface area contributed by atoms with Gasteiger partial charge in [0, 0.05) is 37.8 Å². The molecular formula is C35H39NO6S. The smallest absolute Gasteiger partial charge is 0.193 e. The number of carbonyl (C=O) groups excluding carboxylic acids is 2. The van der Waals surface area contributed by atoms with Crippen LogP contribution in [-0.4, -0.2) is 46.2 Å². The third-order valence-electron chi connectivity index (χ3n) is 11.4. The van der Waals surface area contributed by atoms with Crippen LogP contribution in [0.5, 0.6) is 0 Å². The first-order valence-corrected chi connectivity index (χ1v) is 16.0. The number of anilines is 1. The molecule has 226 valence electrons. The molecule has 3 saturated carbocycles. The van der Waals surface area contributed by atoms with Gasteiger partial charge < -0.3 is 25.4 Å². The van der Waals surface area contributed by atoms with E-state index in [2.05, 4.69) is 13.8 Å². The number of allylic oxidation sites excluding steroid dienone is 4. The average Bonchev–Trinajstić information content (AvgIpc) is 3.42. The predicted octanol–water partition coefficient (Wildman–Crippen LogP) is 5.20. The first kappa shape index (κ1) is 29.0. The van der Waals surface area contributed by atoms with Crippen molar-refractivity contribution in [2.45, 2.75) is 79.8 Å². The van der Waals surface area contributed by atoms with Crippen molar-refractivity contribution >= 4 is 29.0 Å². The molecule has 1 heterocycles. The van der Waals surface area contributed by atoms with Gasteiger partial charge >= 0.3 is 0 Å². The number of hydrogen-bond acceptors (Lipinski definition) is 8. The molecule has 9 atom stereocenters. The molecule has 1 saturated heterocycles. The van der Waals surface area contributed by atoms with E-state index in [9.17, 15) is 19.8 Å². The summed E-state index contributed by atoms with van der Waals surface area (Å²) in [6.07, 6.45) is 6.64. The lowest BCUT2D eigenvalue weighted by atomic mass is 9.46. The van der Waals surface area contributed by atoms with Crippen molar-refractivity contribution in [3.05, 3.63) is 77.9 Å². The Kier molecular flexibility index (Phi) is 6.66. The second-order valence-electron chi connectivity index (χ2n) is 13.6. The molecule has 2 aromatic carbocycles. The number of Topliss-reactive ketones (excluding diaryl/α,β-unsaturated/α-hetero) is 1. The molecule has 2 aromatic rings. The molecule has 0 unspecified atom stereocenters. The topological polar surface area (TPSA) is 119 Å². The van der Waals surface area contributed by atoms with Gasteiger partial charge in [0.2, 0.25) is 0 Å². The molecule has 4 N–H and O–H groups in total. The van der Waals surface area contributed by atoms with Gasteiger partial charge in [-0.15, -0.1) is 0 Å². The molecular weight excluding hydrogens is 562 g/mol. The fourth-order valence-electron chi connectivity index (χ4n) is 9.51. The van der Waals surface area contributed by atoms with Gasteiger partial charge in [-0.25, -0.2) is 0 Å². The standard InChI is InChI=1S/C35H39NO6S/c1-32-15-14-23(38)16-21(32)6-13-26-27-17-30-35(29(40)19-37,33(27,2)18-28(39)31(26)32)42-34(3,41-30)20-4-9-24(10-5-20)43-25-11-7-22(36)8-12-25/h4-5,7-12,14-16,26-28,30-31,37,39H,6,13,17-19,36H2,1-3H3/t26-,27-,28-,30-,31+,32-,33-,34-,35-/m0/s1. The number of carbonyl (C=O) groups is 2. The largest absolute Gasteiger partial charge is 0.399 e. The Morgan fingerprint density at radius 3 is 2.42 bits per heavy atom. The van der Waals surface area contributed by atoms with Gasteiger partial charge in [0.05, 0.1) is 12.2 Å². The number of hydrogen-bond donors (Lipinski definition) is 3. The summed E-state index contributed by atoms with van der Waals surface area (Å²) in [4.78, 5) is 28.2. The van der Waals surface area contributed by atoms with E-state index in [1.54, 1.807) is 23.9 Å². The van der Waals surface area contributed by atoms with Crippen LogP contribution in [0.1, 0.15) is 52.0 Å². The van der Waals surface area contributed by atoms with Gasteiger partial charge in [0.15, 0.2) is 23.0 Å². The summed E-state index contributed by atoms with van der Waals surface area (Å²) in [5.74, 6) is -1.50. The number of ketones is 2. The summed E-state index contributed by atoms with van der Waals surface area (Å²) >= 11 is 1.62. The maximum atomic E-state index is 13.9. The van der Waals surface area contributed by atoms with Gasteiger partial charge in [0.1, 0.15) is 6.61 Å². The molecule has 5 aliphatic rings. The predicted molar refractivity (Wildman–Crippen MR) is 163 cm³/mol. The third-order valence-corrected chi connectivity index (χ3v) is 12.4. The Labute approximate surface area is 256 Å². The van der Waals surface area contributed by atoms with E-state index < -0.39 is 46.8 Å². The van der Waals surface area contributed by atoms with Crippen LogP contribution in [0.4, 0.5) is 5.69 Å². The van der Waals surface area contributed by atoms with Crippen molar-refractivity contribution in [1.82, 2.24) is 0 Å². The molecule has 7 rings (SSSR count). The van der Waals surface area contributed by atoms with Crippen molar-refractivity contribution in [3.63, 3.8) is 0 Å². The van der Waals surface area contributed by atoms with E-state index in [-0.39, 0.29) is 23.5 Å². The van der Waals surface area contributed by atoms with Crippen LogP contribution >= 0.6 is 11.8 Å². The molecule has 4 fully saturated rings. The highest BCUT2D eigenvalue weighted by atomic mass is 32.2. The summed E-state index contributed by atoms with van der Waals surface area (Å²) in [7, 11) is 0. The Morgan fingerprint density at radius 1 is 1.07 bits per heavy atom. The monoisotopic (exact) mass is 601 g/mol. The molecule has 0 aromatic heterocycles. The number of ether oxygens (including phenoxy) is 2. The van der Waals surface area contributed by atoms with E-state index in [0.29, 0.717) is 12.8 Å². The van der Waals surface area contributed by atoms with Crippen molar-refractivity contribution in [2.75, 3.05) is 12.3 Å². The van der Waals surface area contributed by atoms with E-state index >= 15 is 0 Å². The number of fused-ring (bicyclic) bond motifs is 7. The maximum absolute atomic E-state index is 13.9. The minimum atomic E-state index is -1.39. The summed E-state index contributed by atoms with van der Waals surface area (Å²) < 4.78 is 13.6. The van der Waals surface area contributed by atoms with Crippen LogP contribution in [0.15, 0.2) is 82.1 Å². The minimum absolute atomic E-state index is 0.00178. The molecule has 0 amide bonds. The SMILES string of the molecule is C[C@]1(c2ccc(Sc3ccc(N)cc3)cc2)O[C@H]2C[C@H]3[C@@H]4CCC5=CC(=O)C=C[C@]5(C)[C@H]4[C@@H](O)C[C@]3(C)[C@@]2(C(=O)CO)O1. The van der Waals surface area contributed by atoms with Crippen LogP contribution in [0.25, 0.3) is 0 Å². The van der Waals surface area contributed by atoms with Gasteiger partial charge in [-0.05, 0) is 93.0 Å². The van der Waals surface area contributed by atoms with Gasteiger partial charge in [-0.2, -0.15) is 0 Å². The summed E-state index contributed by atoms with van der Waals surface area (Å²) in [6.45, 7) is 5.38. The first-order chi connectivity index (χ1) is 20.4. The number of aliphatic hydroxyl groups excluding tert-OH is 2. The van der Waals surface area contributed by atoms with Crippen molar-refractivity contribution in [1.29, 1.82) is 0 Å². The van der Waals surface area contributed by atoms with E-state index in [1.165, 1.54) is 0 Å². The van der Waals surface area contributed by atoms with Crippen LogP contribution < -0.4 is 5.73 Å². The van der Waals surface area contributed by atoms with Crippen LogP contribution in [-0.2, 0) is 24.8 Å². The number of rotatable bonds is 5. The molecule has 1 aliphatic heterocycles. The zero-order chi connectivity index (χ0) is 30.4. The summed E-state index contributed by atoms with van der Waals surface area (Å²) in [6, 6.07) is 15.7. The van der Waals surface area contributed by atoms with Crippen LogP contribution in [0.3, 0.4) is 0 Å². The minimum Gasteiger partial charge on any atom is -0.399 e. The highest BCUT2D eigenvalue weighted by molar-refractivity contribution is 7.99. The van der Waals surface area contributed by atoms with E-state index in [0.717, 1.165) is 39.5 Å². The molecule has 8 heteroatoms. The number of benzene rings is 2. The maximum Gasteiger partial charge on any atom is 0.193 e. The van der Waals surface area contributed by atoms with Gasteiger partial charge in [-0.3, -0.25) is 9.59 Å². The summed E-state index contributed by atoms with van der Waals surface area (Å²) in [5.41, 5.74) is 5.88. The molecule has 43 heavy (non-hydrogen) atoms. The lowest BCUT2D eigenvalue weighted by molar-refractivity contribution is -0.237. The molecule has 4 aliphatic carbocycles. The zero-order valence-corrected chi connectivity index (χ0v) is 25.6. The summed E-state index contributed by atoms with van der Waals surface area (Å²) in [5, 5.41) is 22.2. The van der Waals surface area contributed by atoms with Crippen molar-refractivity contribution in [3.8, 4) is 0 Å². The lowest BCUT2D eigenvalue weighted by Gasteiger charge is -2.60. The Morgan fingerprint density at radius 2 is 1.74 bits per heavy atom. The van der Waals surface area contributed by atoms with Crippen LogP contribution in [0, 0.1) is 28.6 Å². The quantitative estimate of drug-likeness (QED) is 0.401. The lowest BCUT2D eigenvalue weighted by Crippen LogP contribution is -2.63. The second-order valence-corrected chi connectivity index (χ2v) is 14.8. The Balaban J connectivity index is 1.20. The number of nitrogen functional groups attached to an aromatic ring is 1. The second kappa shape index (κ2) is 9.88. The number of nitrogens with two attached hydrogens (primary N) is 1. The highest BCUT2D eigenvalue weighted by Crippen LogP contribution is 2.71. The van der Waals surface area contributed by atoms with Gasteiger partial charge in [0.25, 0.3) is 0 Å². The molecule has 0 bridgehead atoms. The van der Waals surface area contributed by atoms with Crippen LogP contribution in [0.2, 0.25) is 0 Å². The van der Waals surface area contributed by atoms with Gasteiger partial charge in [-0.1, -0.05) is 49.4 Å². The average molecular weight is 602 g/mol. The fourth-order valence-corrected chi connectivity index (χ4v) is 10.3. The zero-order valence-electron chi connectivity index (χ0n) is 24.8. The van der Waals surface area contributed by atoms with Crippen molar-refractivity contribution < 1.29 is 29.3 Å². The van der Waals surface area contributed by atoms with E-state index in [4.69, 9.17) is 15.2 Å². The third kappa shape index (κ3) is 4.10. The molecule has 0 radical (unpaired) electrons. The normalized spacial score (nSPS) is 41.2. The van der Waals surface area contributed by atoms with Crippen molar-refractivity contribution in [2.24, 2.45) is 28.6 Å².